The maximum atomic E-state index is 13.5. The molecule has 0 spiro atoms. The standard InChI is InChI=1S/C38H68N12O14S/c1-17(2)10-22(33(59)42-13-28(55)44-19(5)31(41)57)45-29(56)14-43-34(60)25(15-51)49-38(64)30(20(6)53)50-36(62)24(12-27(40)54)47-35(61)23(11-18(3)4)46-37(63)26(16-52)48-32(58)21(39)8-9-65-7/h17-26,30,51-53H,8-16,39H2,1-7H3,(H2,40,54)(H2,41,57)(H,42,59)(H,43,60)(H,44,55)(H,45,56)(H,46,63)(H,47,61)(H,48,58)(H,49,64)(H,50,62). The van der Waals surface area contributed by atoms with Crippen LogP contribution in [0.4, 0.5) is 0 Å². The minimum Gasteiger partial charge on any atom is -0.394 e. The molecule has 0 aliphatic heterocycles. The van der Waals surface area contributed by atoms with Crippen molar-refractivity contribution in [3.8, 4) is 0 Å². The van der Waals surface area contributed by atoms with Crippen LogP contribution in [0.2, 0.25) is 0 Å². The minimum absolute atomic E-state index is 0.0407. The van der Waals surface area contributed by atoms with Crippen LogP contribution in [0.1, 0.15) is 67.2 Å². The van der Waals surface area contributed by atoms with E-state index in [1.807, 2.05) is 6.26 Å². The molecule has 18 N–H and O–H groups in total. The fourth-order valence-electron chi connectivity index (χ4n) is 5.51. The van der Waals surface area contributed by atoms with Gasteiger partial charge >= 0.3 is 0 Å². The van der Waals surface area contributed by atoms with Gasteiger partial charge in [-0.15, -0.1) is 0 Å². The summed E-state index contributed by atoms with van der Waals surface area (Å²) in [5.74, 6) is -10.4. The molecule has 9 atom stereocenters. The zero-order valence-corrected chi connectivity index (χ0v) is 38.5. The highest BCUT2D eigenvalue weighted by Crippen LogP contribution is 2.09. The van der Waals surface area contributed by atoms with Gasteiger partial charge in [-0.1, -0.05) is 27.7 Å². The Morgan fingerprint density at radius 2 is 0.954 bits per heavy atom. The molecule has 0 fully saturated rings. The predicted molar refractivity (Wildman–Crippen MR) is 234 cm³/mol. The summed E-state index contributed by atoms with van der Waals surface area (Å²) in [6.45, 7) is 6.08. The number of carbonyl (C=O) groups excluding carboxylic acids is 11. The molecule has 0 aliphatic rings. The second-order valence-corrected chi connectivity index (χ2v) is 16.9. The van der Waals surface area contributed by atoms with Gasteiger partial charge in [0.1, 0.15) is 42.3 Å². The number of primary amides is 2. The predicted octanol–water partition coefficient (Wildman–Crippen LogP) is -7.47. The molecule has 0 aromatic rings. The number of hydrogen-bond acceptors (Lipinski definition) is 16. The fraction of sp³-hybridized carbons (Fsp3) is 0.711. The Labute approximate surface area is 380 Å². The molecule has 0 saturated carbocycles. The van der Waals surface area contributed by atoms with Gasteiger partial charge in [-0.3, -0.25) is 52.7 Å². The molecule has 26 nitrogen and oxygen atoms in total. The molecule has 0 radical (unpaired) electrons. The molecule has 0 rings (SSSR count). The van der Waals surface area contributed by atoms with Crippen molar-refractivity contribution in [2.24, 2.45) is 29.0 Å². The Hall–Kier alpha value is -5.64. The van der Waals surface area contributed by atoms with E-state index in [0.717, 1.165) is 6.92 Å². The van der Waals surface area contributed by atoms with Gasteiger partial charge in [0.2, 0.25) is 65.0 Å². The number of thioether (sulfide) groups is 1. The Morgan fingerprint density at radius 1 is 0.538 bits per heavy atom. The van der Waals surface area contributed by atoms with Crippen LogP contribution in [0, 0.1) is 11.8 Å². The average molecular weight is 949 g/mol. The molecular formula is C38H68N12O14S. The molecule has 0 bridgehead atoms. The summed E-state index contributed by atoms with van der Waals surface area (Å²) in [6.07, 6.45) is -0.391. The molecule has 9 unspecified atom stereocenters. The second-order valence-electron chi connectivity index (χ2n) is 15.9. The third-order valence-electron chi connectivity index (χ3n) is 9.05. The maximum Gasteiger partial charge on any atom is 0.245 e. The first-order valence-electron chi connectivity index (χ1n) is 20.7. The van der Waals surface area contributed by atoms with E-state index in [0.29, 0.717) is 5.75 Å². The number of aliphatic hydroxyl groups excluding tert-OH is 3. The smallest absolute Gasteiger partial charge is 0.245 e. The van der Waals surface area contributed by atoms with E-state index in [4.69, 9.17) is 17.2 Å². The van der Waals surface area contributed by atoms with Crippen LogP contribution in [-0.4, -0.2) is 173 Å². The summed E-state index contributed by atoms with van der Waals surface area (Å²) in [7, 11) is 0. The van der Waals surface area contributed by atoms with Gasteiger partial charge in [0.15, 0.2) is 0 Å². The number of nitrogens with one attached hydrogen (secondary N) is 9. The number of carbonyl (C=O) groups is 11. The number of aliphatic hydroxyl groups is 3. The summed E-state index contributed by atoms with van der Waals surface area (Å²) >= 11 is 1.44. The van der Waals surface area contributed by atoms with Crippen LogP contribution in [0.5, 0.6) is 0 Å². The number of amides is 11. The van der Waals surface area contributed by atoms with Crippen molar-refractivity contribution >= 4 is 76.7 Å². The van der Waals surface area contributed by atoms with Gasteiger partial charge in [0, 0.05) is 0 Å². The number of rotatable bonds is 31. The van der Waals surface area contributed by atoms with Crippen molar-refractivity contribution in [3.05, 3.63) is 0 Å². The minimum atomic E-state index is -1.89. The zero-order valence-electron chi connectivity index (χ0n) is 37.7. The van der Waals surface area contributed by atoms with Gasteiger partial charge in [0.25, 0.3) is 0 Å². The molecule has 0 saturated heterocycles. The average Bonchev–Trinajstić information content (AvgIpc) is 3.21. The van der Waals surface area contributed by atoms with Crippen LogP contribution in [0.15, 0.2) is 0 Å². The highest BCUT2D eigenvalue weighted by molar-refractivity contribution is 7.98. The third-order valence-corrected chi connectivity index (χ3v) is 9.70. The van der Waals surface area contributed by atoms with E-state index in [-0.39, 0.29) is 31.1 Å². The van der Waals surface area contributed by atoms with Crippen molar-refractivity contribution in [3.63, 3.8) is 0 Å². The van der Waals surface area contributed by atoms with E-state index < -0.39 is 152 Å². The SMILES string of the molecule is CSCCC(N)C(=O)NC(CO)C(=O)NC(CC(C)C)C(=O)NC(CC(N)=O)C(=O)NC(C(=O)NC(CO)C(=O)NCC(=O)NC(CC(C)C)C(=O)NCC(=O)NC(C)C(N)=O)C(C)O. The van der Waals surface area contributed by atoms with Crippen molar-refractivity contribution in [2.45, 2.75) is 122 Å². The molecule has 0 aromatic heterocycles. The van der Waals surface area contributed by atoms with Crippen LogP contribution >= 0.6 is 11.8 Å². The van der Waals surface area contributed by atoms with Gasteiger partial charge in [-0.2, -0.15) is 11.8 Å². The molecule has 27 heteroatoms. The summed E-state index contributed by atoms with van der Waals surface area (Å²) in [4.78, 5) is 140. The number of hydrogen-bond donors (Lipinski definition) is 15. The van der Waals surface area contributed by atoms with Crippen LogP contribution < -0.4 is 65.1 Å². The van der Waals surface area contributed by atoms with E-state index >= 15 is 0 Å². The summed E-state index contributed by atoms with van der Waals surface area (Å²) in [5, 5.41) is 50.7. The Bertz CT molecular complexity index is 1670. The van der Waals surface area contributed by atoms with Crippen molar-refractivity contribution in [1.82, 2.24) is 47.9 Å². The Kier molecular flexibility index (Phi) is 27.8. The lowest BCUT2D eigenvalue weighted by Gasteiger charge is -2.28. The zero-order chi connectivity index (χ0) is 50.1. The van der Waals surface area contributed by atoms with Gasteiger partial charge < -0.3 is 80.4 Å². The number of nitrogens with two attached hydrogens (primary N) is 3. The molecule has 0 aliphatic carbocycles. The van der Waals surface area contributed by atoms with Gasteiger partial charge in [0.05, 0.1) is 44.9 Å². The fourth-order valence-corrected chi connectivity index (χ4v) is 6.00. The van der Waals surface area contributed by atoms with E-state index in [1.54, 1.807) is 27.7 Å². The first-order valence-corrected chi connectivity index (χ1v) is 22.0. The Morgan fingerprint density at radius 3 is 1.42 bits per heavy atom. The van der Waals surface area contributed by atoms with Crippen LogP contribution in [0.3, 0.4) is 0 Å². The van der Waals surface area contributed by atoms with E-state index in [2.05, 4.69) is 47.9 Å². The largest absolute Gasteiger partial charge is 0.394 e. The Balaban J connectivity index is 5.85. The van der Waals surface area contributed by atoms with Crippen molar-refractivity contribution in [1.29, 1.82) is 0 Å². The lowest BCUT2D eigenvalue weighted by atomic mass is 10.0. The first-order chi connectivity index (χ1) is 30.3. The lowest BCUT2D eigenvalue weighted by Crippen LogP contribution is -2.62. The molecule has 11 amide bonds. The van der Waals surface area contributed by atoms with Gasteiger partial charge in [-0.25, -0.2) is 0 Å². The van der Waals surface area contributed by atoms with Crippen LogP contribution in [0.25, 0.3) is 0 Å². The highest BCUT2D eigenvalue weighted by atomic mass is 32.2. The lowest BCUT2D eigenvalue weighted by molar-refractivity contribution is -0.138. The van der Waals surface area contributed by atoms with Crippen LogP contribution in [-0.2, 0) is 52.7 Å². The molecule has 0 aromatic carbocycles. The molecule has 370 valence electrons. The monoisotopic (exact) mass is 948 g/mol. The summed E-state index contributed by atoms with van der Waals surface area (Å²) < 4.78 is 0. The first kappa shape index (κ1) is 59.4. The third kappa shape index (κ3) is 23.7. The topological polar surface area (TPSA) is 435 Å². The highest BCUT2D eigenvalue weighted by Gasteiger charge is 2.35. The summed E-state index contributed by atoms with van der Waals surface area (Å²) in [5.41, 5.74) is 16.3. The maximum absolute atomic E-state index is 13.5. The van der Waals surface area contributed by atoms with E-state index in [9.17, 15) is 68.1 Å². The van der Waals surface area contributed by atoms with E-state index in [1.165, 1.54) is 18.7 Å². The second kappa shape index (κ2) is 30.5. The normalized spacial score (nSPS) is 15.2. The molecule has 0 heterocycles. The van der Waals surface area contributed by atoms with Crippen molar-refractivity contribution in [2.75, 3.05) is 38.3 Å². The quantitative estimate of drug-likeness (QED) is 0.0307. The summed E-state index contributed by atoms with van der Waals surface area (Å²) in [6, 6.07) is -11.6. The van der Waals surface area contributed by atoms with Gasteiger partial charge in [-0.05, 0) is 57.0 Å². The molecule has 65 heavy (non-hydrogen) atoms. The van der Waals surface area contributed by atoms with Crippen molar-refractivity contribution < 1.29 is 68.1 Å². The molecular weight excluding hydrogens is 881 g/mol.